The standard InChI is InChI=1S/C24H29ClN2O5S/c1-2-26(17-19-8-7-9-21-23(19)32-15-14-31-21)24(28)18-10-11-20(25)22(16-18)33(29,30)27-12-5-3-4-6-13-27/h7-11,16H,2-6,12-15,17H2,1H3. The fourth-order valence-corrected chi connectivity index (χ4v) is 6.25. The van der Waals surface area contributed by atoms with Gasteiger partial charge in [-0.1, -0.05) is 36.6 Å². The van der Waals surface area contributed by atoms with Gasteiger partial charge in [0.15, 0.2) is 11.5 Å². The van der Waals surface area contributed by atoms with Gasteiger partial charge in [-0.2, -0.15) is 4.31 Å². The number of benzene rings is 2. The van der Waals surface area contributed by atoms with E-state index in [9.17, 15) is 13.2 Å². The number of carbonyl (C=O) groups excluding carboxylic acids is 1. The van der Waals surface area contributed by atoms with Gasteiger partial charge in [-0.3, -0.25) is 4.79 Å². The van der Waals surface area contributed by atoms with E-state index in [4.69, 9.17) is 21.1 Å². The molecule has 0 saturated carbocycles. The number of carbonyl (C=O) groups is 1. The summed E-state index contributed by atoms with van der Waals surface area (Å²) in [5, 5.41) is 0.126. The van der Waals surface area contributed by atoms with Gasteiger partial charge in [0.05, 0.1) is 5.02 Å². The summed E-state index contributed by atoms with van der Waals surface area (Å²) in [5.74, 6) is 1.05. The molecule has 9 heteroatoms. The van der Waals surface area contributed by atoms with Gasteiger partial charge in [-0.05, 0) is 44.0 Å². The summed E-state index contributed by atoms with van der Waals surface area (Å²) in [6.45, 7) is 4.54. The zero-order valence-electron chi connectivity index (χ0n) is 18.8. The third-order valence-corrected chi connectivity index (χ3v) is 8.42. The van der Waals surface area contributed by atoms with Crippen molar-refractivity contribution in [2.45, 2.75) is 44.0 Å². The van der Waals surface area contributed by atoms with E-state index in [0.717, 1.165) is 31.2 Å². The molecule has 0 radical (unpaired) electrons. The maximum atomic E-state index is 13.4. The second kappa shape index (κ2) is 10.3. The highest BCUT2D eigenvalue weighted by molar-refractivity contribution is 7.89. The Morgan fingerprint density at radius 2 is 1.79 bits per heavy atom. The normalized spacial score (nSPS) is 16.8. The Morgan fingerprint density at radius 3 is 2.52 bits per heavy atom. The molecule has 0 unspecified atom stereocenters. The monoisotopic (exact) mass is 492 g/mol. The van der Waals surface area contributed by atoms with Gasteiger partial charge in [0.25, 0.3) is 5.91 Å². The van der Waals surface area contributed by atoms with E-state index in [1.54, 1.807) is 11.0 Å². The number of rotatable bonds is 6. The summed E-state index contributed by atoms with van der Waals surface area (Å²) in [6, 6.07) is 10.1. The van der Waals surface area contributed by atoms with Crippen molar-refractivity contribution in [1.82, 2.24) is 9.21 Å². The number of fused-ring (bicyclic) bond motifs is 1. The van der Waals surface area contributed by atoms with Gasteiger partial charge in [-0.15, -0.1) is 0 Å². The minimum Gasteiger partial charge on any atom is -0.486 e. The molecule has 0 N–H and O–H groups in total. The molecule has 0 aliphatic carbocycles. The van der Waals surface area contributed by atoms with Crippen LogP contribution in [0, 0.1) is 0 Å². The molecule has 2 aliphatic rings. The number of hydrogen-bond donors (Lipinski definition) is 0. The van der Waals surface area contributed by atoms with Crippen LogP contribution in [-0.4, -0.2) is 56.4 Å². The van der Waals surface area contributed by atoms with E-state index in [2.05, 4.69) is 0 Å². The summed E-state index contributed by atoms with van der Waals surface area (Å²) < 4.78 is 39.5. The van der Waals surface area contributed by atoms with Crippen LogP contribution < -0.4 is 9.47 Å². The first-order valence-corrected chi connectivity index (χ1v) is 13.2. The smallest absolute Gasteiger partial charge is 0.254 e. The minimum atomic E-state index is -3.78. The summed E-state index contributed by atoms with van der Waals surface area (Å²) in [6.07, 6.45) is 3.68. The molecule has 2 aliphatic heterocycles. The molecule has 4 rings (SSSR count). The first-order chi connectivity index (χ1) is 15.9. The van der Waals surface area contributed by atoms with Crippen molar-refractivity contribution in [3.8, 4) is 11.5 Å². The molecule has 1 amide bonds. The van der Waals surface area contributed by atoms with Crippen LogP contribution in [0.5, 0.6) is 11.5 Å². The molecule has 0 spiro atoms. The third-order valence-electron chi connectivity index (χ3n) is 6.04. The number of hydrogen-bond acceptors (Lipinski definition) is 5. The Labute approximate surface area is 200 Å². The molecule has 1 saturated heterocycles. The average Bonchev–Trinajstić information content (AvgIpc) is 3.13. The number of halogens is 1. The van der Waals surface area contributed by atoms with Gasteiger partial charge in [0, 0.05) is 37.3 Å². The molecule has 1 fully saturated rings. The lowest BCUT2D eigenvalue weighted by atomic mass is 10.1. The Bertz CT molecular complexity index is 1110. The molecule has 2 heterocycles. The van der Waals surface area contributed by atoms with Crippen LogP contribution in [0.4, 0.5) is 0 Å². The average molecular weight is 493 g/mol. The van der Waals surface area contributed by atoms with E-state index in [1.807, 2.05) is 25.1 Å². The van der Waals surface area contributed by atoms with E-state index < -0.39 is 10.0 Å². The Morgan fingerprint density at radius 1 is 1.06 bits per heavy atom. The molecule has 0 atom stereocenters. The second-order valence-electron chi connectivity index (χ2n) is 8.22. The SMILES string of the molecule is CCN(Cc1cccc2c1OCCO2)C(=O)c1ccc(Cl)c(S(=O)(=O)N2CCCCCC2)c1. The van der Waals surface area contributed by atoms with E-state index in [-0.39, 0.29) is 21.4 Å². The fourth-order valence-electron chi connectivity index (χ4n) is 4.23. The first kappa shape index (κ1) is 23.9. The zero-order valence-corrected chi connectivity index (χ0v) is 20.3. The predicted molar refractivity (Wildman–Crippen MR) is 127 cm³/mol. The largest absolute Gasteiger partial charge is 0.486 e. The highest BCUT2D eigenvalue weighted by Gasteiger charge is 2.29. The van der Waals surface area contributed by atoms with Crippen molar-refractivity contribution < 1.29 is 22.7 Å². The van der Waals surface area contributed by atoms with Gasteiger partial charge in [0.2, 0.25) is 10.0 Å². The molecule has 2 aromatic rings. The van der Waals surface area contributed by atoms with Crippen molar-refractivity contribution in [2.24, 2.45) is 0 Å². The van der Waals surface area contributed by atoms with Gasteiger partial charge in [0.1, 0.15) is 18.1 Å². The second-order valence-corrected chi connectivity index (χ2v) is 10.5. The van der Waals surface area contributed by atoms with Crippen LogP contribution in [-0.2, 0) is 16.6 Å². The lowest BCUT2D eigenvalue weighted by molar-refractivity contribution is 0.0749. The number of ether oxygens (including phenoxy) is 2. The van der Waals surface area contributed by atoms with Crippen molar-refractivity contribution in [2.75, 3.05) is 32.8 Å². The fraction of sp³-hybridized carbons (Fsp3) is 0.458. The first-order valence-electron chi connectivity index (χ1n) is 11.4. The third kappa shape index (κ3) is 5.13. The van der Waals surface area contributed by atoms with E-state index in [1.165, 1.54) is 16.4 Å². The maximum Gasteiger partial charge on any atom is 0.254 e. The summed E-state index contributed by atoms with van der Waals surface area (Å²) in [7, 11) is -3.78. The van der Waals surface area contributed by atoms with Crippen molar-refractivity contribution in [1.29, 1.82) is 0 Å². The summed E-state index contributed by atoms with van der Waals surface area (Å²) in [4.78, 5) is 15.0. The molecule has 33 heavy (non-hydrogen) atoms. The topological polar surface area (TPSA) is 76.1 Å². The van der Waals surface area contributed by atoms with Gasteiger partial charge < -0.3 is 14.4 Å². The van der Waals surface area contributed by atoms with Crippen LogP contribution in [0.15, 0.2) is 41.3 Å². The van der Waals surface area contributed by atoms with Crippen molar-refractivity contribution >= 4 is 27.5 Å². The highest BCUT2D eigenvalue weighted by atomic mass is 35.5. The molecule has 178 valence electrons. The van der Waals surface area contributed by atoms with E-state index >= 15 is 0 Å². The van der Waals surface area contributed by atoms with Crippen LogP contribution in [0.25, 0.3) is 0 Å². The number of amides is 1. The molecular formula is C24H29ClN2O5S. The van der Waals surface area contributed by atoms with Gasteiger partial charge in [-0.25, -0.2) is 8.42 Å². The Kier molecular flexibility index (Phi) is 7.46. The van der Waals surface area contributed by atoms with Crippen LogP contribution >= 0.6 is 11.6 Å². The molecule has 0 aromatic heterocycles. The predicted octanol–water partition coefficient (Wildman–Crippen LogP) is 4.34. The van der Waals surface area contributed by atoms with E-state index in [0.29, 0.717) is 50.9 Å². The quantitative estimate of drug-likeness (QED) is 0.599. The minimum absolute atomic E-state index is 0.0122. The van der Waals surface area contributed by atoms with Crippen molar-refractivity contribution in [3.63, 3.8) is 0 Å². The Balaban J connectivity index is 1.60. The summed E-state index contributed by atoms with van der Waals surface area (Å²) >= 11 is 6.31. The van der Waals surface area contributed by atoms with Crippen LogP contribution in [0.1, 0.15) is 48.5 Å². The van der Waals surface area contributed by atoms with Gasteiger partial charge >= 0.3 is 0 Å². The Hall–Kier alpha value is -2.29. The highest BCUT2D eigenvalue weighted by Crippen LogP contribution is 2.35. The summed E-state index contributed by atoms with van der Waals surface area (Å²) in [5.41, 5.74) is 1.13. The van der Waals surface area contributed by atoms with Crippen LogP contribution in [0.3, 0.4) is 0 Å². The number of para-hydroxylation sites is 1. The lowest BCUT2D eigenvalue weighted by Gasteiger charge is -2.26. The van der Waals surface area contributed by atoms with Crippen LogP contribution in [0.2, 0.25) is 5.02 Å². The number of sulfonamides is 1. The molecule has 0 bridgehead atoms. The maximum absolute atomic E-state index is 13.4. The number of nitrogens with zero attached hydrogens (tertiary/aromatic N) is 2. The lowest BCUT2D eigenvalue weighted by Crippen LogP contribution is -2.33. The zero-order chi connectivity index (χ0) is 23.4. The van der Waals surface area contributed by atoms with Crippen molar-refractivity contribution in [3.05, 3.63) is 52.5 Å². The molecule has 7 nitrogen and oxygen atoms in total. The molecular weight excluding hydrogens is 464 g/mol. The molecule has 2 aromatic carbocycles.